The van der Waals surface area contributed by atoms with Gasteiger partial charge in [0.25, 0.3) is 5.90 Å². The number of nitrogens with zero attached hydrogens (tertiary/aromatic N) is 5. The third kappa shape index (κ3) is 4.52. The van der Waals surface area contributed by atoms with Crippen molar-refractivity contribution in [3.05, 3.63) is 71.0 Å². The summed E-state index contributed by atoms with van der Waals surface area (Å²) in [7, 11) is 1.46. The first-order valence-electron chi connectivity index (χ1n) is 9.07. The van der Waals surface area contributed by atoms with Gasteiger partial charge >= 0.3 is 0 Å². The molecule has 0 spiro atoms. The number of benzene rings is 1. The van der Waals surface area contributed by atoms with Crippen LogP contribution in [0.3, 0.4) is 0 Å². The van der Waals surface area contributed by atoms with E-state index in [2.05, 4.69) is 20.4 Å². The minimum Gasteiger partial charge on any atom is -0.472 e. The minimum atomic E-state index is 0.248. The van der Waals surface area contributed by atoms with Gasteiger partial charge in [-0.1, -0.05) is 41.0 Å². The zero-order chi connectivity index (χ0) is 20.8. The van der Waals surface area contributed by atoms with Crippen LogP contribution in [0.4, 0.5) is 0 Å². The summed E-state index contributed by atoms with van der Waals surface area (Å²) >= 11 is 5.88. The molecular weight excluding hydrogens is 410 g/mol. The summed E-state index contributed by atoms with van der Waals surface area (Å²) in [6, 6.07) is 12.9. The van der Waals surface area contributed by atoms with Gasteiger partial charge in [-0.15, -0.1) is 5.10 Å². The highest BCUT2D eigenvalue weighted by molar-refractivity contribution is 6.45. The summed E-state index contributed by atoms with van der Waals surface area (Å²) in [6.45, 7) is 1.02. The predicted octanol–water partition coefficient (Wildman–Crippen LogP) is 3.21. The maximum absolute atomic E-state index is 5.88. The topological polar surface area (TPSA) is 92.4 Å². The molecule has 0 fully saturated rings. The zero-order valence-corrected chi connectivity index (χ0v) is 16.8. The molecule has 1 aliphatic rings. The lowest BCUT2D eigenvalue weighted by Gasteiger charge is -2.16. The zero-order valence-electron chi connectivity index (χ0n) is 16.1. The third-order valence-electron chi connectivity index (χ3n) is 4.11. The Bertz CT molecular complexity index is 1070. The molecule has 0 unspecified atom stereocenters. The second-order valence-corrected chi connectivity index (χ2v) is 6.52. The van der Waals surface area contributed by atoms with Gasteiger partial charge in [0.15, 0.2) is 18.1 Å². The van der Waals surface area contributed by atoms with E-state index in [1.165, 1.54) is 7.11 Å². The van der Waals surface area contributed by atoms with Gasteiger partial charge in [-0.25, -0.2) is 9.67 Å². The molecule has 2 aromatic heterocycles. The van der Waals surface area contributed by atoms with Crippen molar-refractivity contribution in [1.29, 1.82) is 0 Å². The van der Waals surface area contributed by atoms with E-state index in [9.17, 15) is 0 Å². The van der Waals surface area contributed by atoms with Crippen molar-refractivity contribution in [2.75, 3.05) is 20.3 Å². The Kier molecular flexibility index (Phi) is 6.09. The Labute approximate surface area is 177 Å². The van der Waals surface area contributed by atoms with Crippen LogP contribution >= 0.6 is 11.6 Å². The molecule has 0 bridgehead atoms. The van der Waals surface area contributed by atoms with Crippen molar-refractivity contribution < 1.29 is 19.1 Å². The number of rotatable bonds is 7. The molecule has 30 heavy (non-hydrogen) atoms. The van der Waals surface area contributed by atoms with Crippen LogP contribution in [0, 0.1) is 0 Å². The molecule has 0 atom stereocenters. The monoisotopic (exact) mass is 427 g/mol. The van der Waals surface area contributed by atoms with Gasteiger partial charge in [0.2, 0.25) is 5.88 Å². The fourth-order valence-electron chi connectivity index (χ4n) is 2.76. The first kappa shape index (κ1) is 19.7. The van der Waals surface area contributed by atoms with Crippen molar-refractivity contribution in [2.24, 2.45) is 10.3 Å². The van der Waals surface area contributed by atoms with Crippen molar-refractivity contribution >= 4 is 23.2 Å². The maximum Gasteiger partial charge on any atom is 0.280 e. The van der Waals surface area contributed by atoms with Crippen molar-refractivity contribution in [2.45, 2.75) is 6.61 Å². The summed E-state index contributed by atoms with van der Waals surface area (Å²) in [5.74, 6) is 1.34. The molecule has 1 aromatic carbocycles. The van der Waals surface area contributed by atoms with E-state index < -0.39 is 0 Å². The van der Waals surface area contributed by atoms with E-state index >= 15 is 0 Å². The van der Waals surface area contributed by atoms with Crippen LogP contribution in [0.5, 0.6) is 5.88 Å². The Morgan fingerprint density at radius 2 is 2.10 bits per heavy atom. The Balaban J connectivity index is 1.53. The van der Waals surface area contributed by atoms with Crippen LogP contribution in [0.15, 0.2) is 65.2 Å². The second kappa shape index (κ2) is 9.27. The third-order valence-corrected chi connectivity index (χ3v) is 4.33. The molecule has 3 aromatic rings. The van der Waals surface area contributed by atoms with Gasteiger partial charge in [0.1, 0.15) is 20.3 Å². The van der Waals surface area contributed by atoms with Crippen LogP contribution in [0.1, 0.15) is 11.1 Å². The number of oxime groups is 2. The van der Waals surface area contributed by atoms with Gasteiger partial charge in [-0.3, -0.25) is 0 Å². The first-order chi connectivity index (χ1) is 14.7. The average molecular weight is 428 g/mol. The number of hydrogen-bond donors (Lipinski definition) is 0. The Hall–Kier alpha value is -3.59. The molecule has 0 saturated carbocycles. The smallest absolute Gasteiger partial charge is 0.280 e. The molecule has 0 N–H and O–H groups in total. The number of ether oxygens (including phenoxy) is 2. The van der Waals surface area contributed by atoms with Crippen LogP contribution < -0.4 is 4.74 Å². The lowest BCUT2D eigenvalue weighted by Crippen LogP contribution is -2.26. The molecule has 9 nitrogen and oxygen atoms in total. The van der Waals surface area contributed by atoms with Gasteiger partial charge < -0.3 is 19.1 Å². The first-order valence-corrected chi connectivity index (χ1v) is 9.45. The standard InChI is InChI=1S/C20H18ClN5O4/c1-27-24-19(20-25-30-11-10-28-20)16-5-3-2-4-14(16)13-29-18-8-9-26(23-18)17-7-6-15(21)12-22-17/h2-9,12H,10-11,13H2,1H3/b24-19-. The maximum atomic E-state index is 5.88. The fourth-order valence-corrected chi connectivity index (χ4v) is 2.87. The van der Waals surface area contributed by atoms with E-state index in [1.54, 1.807) is 35.3 Å². The number of hydrogen-bond acceptors (Lipinski definition) is 8. The molecule has 0 amide bonds. The normalized spacial score (nSPS) is 13.8. The largest absolute Gasteiger partial charge is 0.472 e. The fraction of sp³-hybridized carbons (Fsp3) is 0.200. The molecule has 4 rings (SSSR count). The second-order valence-electron chi connectivity index (χ2n) is 6.08. The number of halogens is 1. The predicted molar refractivity (Wildman–Crippen MR) is 110 cm³/mol. The van der Waals surface area contributed by atoms with E-state index in [0.717, 1.165) is 11.1 Å². The van der Waals surface area contributed by atoms with Crippen molar-refractivity contribution in [3.8, 4) is 11.7 Å². The summed E-state index contributed by atoms with van der Waals surface area (Å²) < 4.78 is 13.1. The van der Waals surface area contributed by atoms with Gasteiger partial charge in [0.05, 0.1) is 5.02 Å². The molecule has 3 heterocycles. The van der Waals surface area contributed by atoms with E-state index in [0.29, 0.717) is 35.6 Å². The van der Waals surface area contributed by atoms with Crippen LogP contribution in [-0.4, -0.2) is 46.7 Å². The lowest BCUT2D eigenvalue weighted by molar-refractivity contribution is 0.0672. The van der Waals surface area contributed by atoms with Gasteiger partial charge in [-0.05, 0) is 22.9 Å². The summed E-state index contributed by atoms with van der Waals surface area (Å²) in [5, 5.41) is 13.0. The van der Waals surface area contributed by atoms with Crippen LogP contribution in [0.2, 0.25) is 5.02 Å². The lowest BCUT2D eigenvalue weighted by atomic mass is 10.0. The molecular formula is C20H18ClN5O4. The summed E-state index contributed by atoms with van der Waals surface area (Å²) in [5.41, 5.74) is 2.03. The van der Waals surface area contributed by atoms with E-state index in [4.69, 9.17) is 30.7 Å². The Morgan fingerprint density at radius 1 is 1.20 bits per heavy atom. The summed E-state index contributed by atoms with van der Waals surface area (Å²) in [6.07, 6.45) is 3.32. The quantitative estimate of drug-likeness (QED) is 0.424. The average Bonchev–Trinajstić information content (AvgIpc) is 3.26. The molecule has 10 heteroatoms. The van der Waals surface area contributed by atoms with Crippen LogP contribution in [-0.2, 0) is 21.0 Å². The number of pyridine rings is 1. The Morgan fingerprint density at radius 3 is 2.87 bits per heavy atom. The molecule has 0 aliphatic carbocycles. The van der Waals surface area contributed by atoms with Crippen LogP contribution in [0.25, 0.3) is 5.82 Å². The van der Waals surface area contributed by atoms with Gasteiger partial charge in [0, 0.05) is 24.0 Å². The SMILES string of the molecule is CO/N=C(\C1=NOCCO1)c1ccccc1COc1ccn(-c2ccc(Cl)cn2)n1. The van der Waals surface area contributed by atoms with E-state index in [1.807, 2.05) is 24.3 Å². The van der Waals surface area contributed by atoms with E-state index in [-0.39, 0.29) is 12.5 Å². The highest BCUT2D eigenvalue weighted by Gasteiger charge is 2.21. The molecule has 0 saturated heterocycles. The minimum absolute atomic E-state index is 0.248. The highest BCUT2D eigenvalue weighted by Crippen LogP contribution is 2.18. The number of aromatic nitrogens is 3. The van der Waals surface area contributed by atoms with Crippen molar-refractivity contribution in [3.63, 3.8) is 0 Å². The highest BCUT2D eigenvalue weighted by atomic mass is 35.5. The van der Waals surface area contributed by atoms with Crippen molar-refractivity contribution in [1.82, 2.24) is 14.8 Å². The summed E-state index contributed by atoms with van der Waals surface area (Å²) in [4.78, 5) is 14.3. The molecule has 0 radical (unpaired) electrons. The molecule has 1 aliphatic heterocycles. The molecule has 154 valence electrons. The van der Waals surface area contributed by atoms with Gasteiger partial charge in [-0.2, -0.15) is 0 Å².